The van der Waals surface area contributed by atoms with Gasteiger partial charge in [0, 0.05) is 24.5 Å². The molecule has 20 heavy (non-hydrogen) atoms. The minimum absolute atomic E-state index is 0.210. The summed E-state index contributed by atoms with van der Waals surface area (Å²) in [6.07, 6.45) is 0.822. The second-order valence-corrected chi connectivity index (χ2v) is 7.04. The summed E-state index contributed by atoms with van der Waals surface area (Å²) in [5, 5.41) is 5.63. The second-order valence-electron chi connectivity index (χ2n) is 6.10. The smallest absolute Gasteiger partial charge is 0.410 e. The lowest BCUT2D eigenvalue weighted by atomic mass is 10.1. The van der Waals surface area contributed by atoms with E-state index in [0.717, 1.165) is 13.0 Å². The Labute approximate surface area is 125 Å². The molecule has 1 N–H and O–H groups in total. The molecule has 0 spiro atoms. The maximum absolute atomic E-state index is 12.2. The third-order valence-electron chi connectivity index (χ3n) is 3.31. The van der Waals surface area contributed by atoms with Gasteiger partial charge in [0.1, 0.15) is 5.60 Å². The predicted octanol–water partition coefficient (Wildman–Crippen LogP) is 3.19. The van der Waals surface area contributed by atoms with Crippen LogP contribution in [-0.4, -0.2) is 36.2 Å². The van der Waals surface area contributed by atoms with Gasteiger partial charge < -0.3 is 15.0 Å². The molecule has 1 atom stereocenters. The maximum atomic E-state index is 12.2. The quantitative estimate of drug-likeness (QED) is 0.911. The van der Waals surface area contributed by atoms with Crippen molar-refractivity contribution < 1.29 is 9.53 Å². The van der Waals surface area contributed by atoms with E-state index in [9.17, 15) is 4.79 Å². The Hall–Kier alpha value is -1.07. The van der Waals surface area contributed by atoms with Crippen molar-refractivity contribution in [3.05, 3.63) is 21.9 Å². The van der Waals surface area contributed by atoms with Gasteiger partial charge in [-0.1, -0.05) is 6.92 Å². The van der Waals surface area contributed by atoms with Crippen molar-refractivity contribution in [2.75, 3.05) is 19.6 Å². The molecule has 112 valence electrons. The number of hydrogen-bond acceptors (Lipinski definition) is 4. The molecule has 1 saturated heterocycles. The fraction of sp³-hybridized carbons (Fsp3) is 0.667. The van der Waals surface area contributed by atoms with E-state index >= 15 is 0 Å². The van der Waals surface area contributed by atoms with Gasteiger partial charge in [-0.05, 0) is 44.2 Å². The minimum Gasteiger partial charge on any atom is -0.444 e. The van der Waals surface area contributed by atoms with Crippen LogP contribution in [0, 0.1) is 0 Å². The molecule has 0 aromatic carbocycles. The standard InChI is InChI=1S/C15H24N2O2S/c1-5-11-6-9-20-13(11)12-10-17(8-7-16-12)14(18)19-15(2,3)4/h6,9,12,16H,5,7-8,10H2,1-4H3. The second kappa shape index (κ2) is 6.14. The number of nitrogens with zero attached hydrogens (tertiary/aromatic N) is 1. The third-order valence-corrected chi connectivity index (χ3v) is 4.38. The molecule has 0 aliphatic carbocycles. The first-order valence-corrected chi connectivity index (χ1v) is 8.06. The summed E-state index contributed by atoms with van der Waals surface area (Å²) in [4.78, 5) is 15.3. The highest BCUT2D eigenvalue weighted by Crippen LogP contribution is 2.27. The summed E-state index contributed by atoms with van der Waals surface area (Å²) in [5.41, 5.74) is 0.938. The molecule has 1 aromatic heterocycles. The van der Waals surface area contributed by atoms with Gasteiger partial charge in [-0.3, -0.25) is 0 Å². The van der Waals surface area contributed by atoms with Crippen LogP contribution in [0.15, 0.2) is 11.4 Å². The first-order valence-electron chi connectivity index (χ1n) is 7.18. The number of hydrogen-bond donors (Lipinski definition) is 1. The Morgan fingerprint density at radius 1 is 1.55 bits per heavy atom. The Morgan fingerprint density at radius 2 is 2.30 bits per heavy atom. The van der Waals surface area contributed by atoms with Crippen molar-refractivity contribution in [2.24, 2.45) is 0 Å². The lowest BCUT2D eigenvalue weighted by molar-refractivity contribution is 0.0196. The topological polar surface area (TPSA) is 41.6 Å². The van der Waals surface area contributed by atoms with Crippen LogP contribution < -0.4 is 5.32 Å². The summed E-state index contributed by atoms with van der Waals surface area (Å²) in [7, 11) is 0. The van der Waals surface area contributed by atoms with Crippen molar-refractivity contribution in [1.82, 2.24) is 10.2 Å². The summed E-state index contributed by atoms with van der Waals surface area (Å²) >= 11 is 1.77. The number of carbonyl (C=O) groups is 1. The summed E-state index contributed by atoms with van der Waals surface area (Å²) in [6.45, 7) is 10.1. The van der Waals surface area contributed by atoms with Crippen LogP contribution in [0.3, 0.4) is 0 Å². The molecule has 2 heterocycles. The van der Waals surface area contributed by atoms with Gasteiger partial charge in [0.05, 0.1) is 6.04 Å². The van der Waals surface area contributed by atoms with Crippen LogP contribution in [-0.2, 0) is 11.2 Å². The fourth-order valence-electron chi connectivity index (χ4n) is 2.36. The Bertz CT molecular complexity index is 465. The van der Waals surface area contributed by atoms with Gasteiger partial charge in [-0.25, -0.2) is 4.79 Å². The first kappa shape index (κ1) is 15.3. The predicted molar refractivity (Wildman–Crippen MR) is 82.2 cm³/mol. The zero-order valence-electron chi connectivity index (χ0n) is 12.7. The summed E-state index contributed by atoms with van der Waals surface area (Å²) in [5.74, 6) is 0. The molecule has 1 aliphatic rings. The van der Waals surface area contributed by atoms with Crippen molar-refractivity contribution in [2.45, 2.75) is 45.8 Å². The van der Waals surface area contributed by atoms with E-state index < -0.39 is 5.60 Å². The van der Waals surface area contributed by atoms with Gasteiger partial charge in [0.2, 0.25) is 0 Å². The Morgan fingerprint density at radius 3 is 2.95 bits per heavy atom. The molecular weight excluding hydrogens is 272 g/mol. The van der Waals surface area contributed by atoms with Crippen LogP contribution in [0.4, 0.5) is 4.79 Å². The minimum atomic E-state index is -0.436. The molecule has 2 rings (SSSR count). The molecule has 5 heteroatoms. The number of piperazine rings is 1. The molecule has 1 unspecified atom stereocenters. The van der Waals surface area contributed by atoms with E-state index in [2.05, 4.69) is 23.7 Å². The number of carbonyl (C=O) groups excluding carboxylic acids is 1. The molecule has 1 amide bonds. The molecule has 1 aromatic rings. The van der Waals surface area contributed by atoms with Crippen LogP contribution >= 0.6 is 11.3 Å². The van der Waals surface area contributed by atoms with E-state index in [4.69, 9.17) is 4.74 Å². The van der Waals surface area contributed by atoms with Gasteiger partial charge in [0.25, 0.3) is 0 Å². The zero-order chi connectivity index (χ0) is 14.8. The van der Waals surface area contributed by atoms with Crippen molar-refractivity contribution >= 4 is 17.4 Å². The maximum Gasteiger partial charge on any atom is 0.410 e. The van der Waals surface area contributed by atoms with Gasteiger partial charge in [0.15, 0.2) is 0 Å². The number of thiophene rings is 1. The van der Waals surface area contributed by atoms with Crippen LogP contribution in [0.2, 0.25) is 0 Å². The number of aryl methyl sites for hydroxylation is 1. The number of rotatable bonds is 2. The molecule has 0 saturated carbocycles. The Balaban J connectivity index is 2.03. The highest BCUT2D eigenvalue weighted by Gasteiger charge is 2.29. The van der Waals surface area contributed by atoms with Crippen molar-refractivity contribution in [3.63, 3.8) is 0 Å². The normalized spacial score (nSPS) is 20.0. The Kier molecular flexibility index (Phi) is 4.70. The third kappa shape index (κ3) is 3.73. The molecular formula is C15H24N2O2S. The average Bonchev–Trinajstić information content (AvgIpc) is 2.85. The number of nitrogens with one attached hydrogen (secondary N) is 1. The molecule has 1 aliphatic heterocycles. The van der Waals surface area contributed by atoms with Gasteiger partial charge in [-0.15, -0.1) is 11.3 Å². The van der Waals surface area contributed by atoms with E-state index in [1.807, 2.05) is 25.7 Å². The first-order chi connectivity index (χ1) is 9.40. The SMILES string of the molecule is CCc1ccsc1C1CN(C(=O)OC(C)(C)C)CCN1. The van der Waals surface area contributed by atoms with Crippen molar-refractivity contribution in [1.29, 1.82) is 0 Å². The molecule has 4 nitrogen and oxygen atoms in total. The highest BCUT2D eigenvalue weighted by atomic mass is 32.1. The zero-order valence-corrected chi connectivity index (χ0v) is 13.5. The largest absolute Gasteiger partial charge is 0.444 e. The van der Waals surface area contributed by atoms with Gasteiger partial charge in [-0.2, -0.15) is 0 Å². The molecule has 1 fully saturated rings. The van der Waals surface area contributed by atoms with E-state index in [-0.39, 0.29) is 12.1 Å². The lowest BCUT2D eigenvalue weighted by Gasteiger charge is -2.35. The molecule has 0 bridgehead atoms. The van der Waals surface area contributed by atoms with Crippen LogP contribution in [0.25, 0.3) is 0 Å². The van der Waals surface area contributed by atoms with Crippen molar-refractivity contribution in [3.8, 4) is 0 Å². The molecule has 0 radical (unpaired) electrons. The monoisotopic (exact) mass is 296 g/mol. The number of amides is 1. The highest BCUT2D eigenvalue weighted by molar-refractivity contribution is 7.10. The fourth-order valence-corrected chi connectivity index (χ4v) is 3.43. The summed E-state index contributed by atoms with van der Waals surface area (Å²) < 4.78 is 5.46. The number of ether oxygens (including phenoxy) is 1. The summed E-state index contributed by atoms with van der Waals surface area (Å²) in [6, 6.07) is 2.40. The van der Waals surface area contributed by atoms with E-state index in [1.165, 1.54) is 10.4 Å². The lowest BCUT2D eigenvalue weighted by Crippen LogP contribution is -2.49. The van der Waals surface area contributed by atoms with Gasteiger partial charge >= 0.3 is 6.09 Å². The van der Waals surface area contributed by atoms with Crippen LogP contribution in [0.1, 0.15) is 44.2 Å². The van der Waals surface area contributed by atoms with Crippen LogP contribution in [0.5, 0.6) is 0 Å². The average molecular weight is 296 g/mol. The van der Waals surface area contributed by atoms with E-state index in [1.54, 1.807) is 11.3 Å². The van der Waals surface area contributed by atoms with E-state index in [0.29, 0.717) is 13.1 Å².